The van der Waals surface area contributed by atoms with Crippen molar-refractivity contribution in [2.45, 2.75) is 32.4 Å². The number of aryl methyl sites for hydroxylation is 1. The van der Waals surface area contributed by atoms with Gasteiger partial charge in [-0.25, -0.2) is 0 Å². The normalized spacial score (nSPS) is 12.2. The molecule has 0 aliphatic heterocycles. The van der Waals surface area contributed by atoms with Crippen molar-refractivity contribution in [3.8, 4) is 10.6 Å². The molecule has 0 bridgehead atoms. The molecular weight excluding hydrogens is 364 g/mol. The molecule has 0 aliphatic rings. The number of para-hydroxylation sites is 1. The van der Waals surface area contributed by atoms with Crippen LogP contribution in [0.25, 0.3) is 21.5 Å². The molecule has 4 aromatic rings. The number of carbonyl (C=O) groups excluding carboxylic acids is 1. The third-order valence-electron chi connectivity index (χ3n) is 5.00. The maximum atomic E-state index is 12.8. The average molecular weight is 389 g/mol. The molecule has 142 valence electrons. The van der Waals surface area contributed by atoms with Crippen molar-refractivity contribution in [3.63, 3.8) is 0 Å². The first-order valence-electron chi connectivity index (χ1n) is 9.66. The Bertz CT molecular complexity index is 1050. The summed E-state index contributed by atoms with van der Waals surface area (Å²) in [6.07, 6.45) is 1.90. The van der Waals surface area contributed by atoms with Crippen LogP contribution in [0.5, 0.6) is 0 Å². The van der Waals surface area contributed by atoms with Crippen LogP contribution in [0.2, 0.25) is 0 Å². The second-order valence-electron chi connectivity index (χ2n) is 7.14. The van der Waals surface area contributed by atoms with Crippen molar-refractivity contribution in [2.75, 3.05) is 0 Å². The summed E-state index contributed by atoms with van der Waals surface area (Å²) in [5.41, 5.74) is 3.50. The van der Waals surface area contributed by atoms with Crippen LogP contribution < -0.4 is 5.32 Å². The van der Waals surface area contributed by atoms with Gasteiger partial charge in [0.1, 0.15) is 6.54 Å². The zero-order valence-corrected chi connectivity index (χ0v) is 16.8. The van der Waals surface area contributed by atoms with E-state index in [-0.39, 0.29) is 11.9 Å². The molecule has 1 atom stereocenters. The number of thiophene rings is 1. The molecule has 28 heavy (non-hydrogen) atoms. The molecule has 2 aromatic heterocycles. The molecule has 0 saturated carbocycles. The topological polar surface area (TPSA) is 34.0 Å². The average Bonchev–Trinajstić information content (AvgIpc) is 3.35. The zero-order chi connectivity index (χ0) is 19.3. The summed E-state index contributed by atoms with van der Waals surface area (Å²) in [6.45, 7) is 2.41. The Morgan fingerprint density at radius 3 is 2.61 bits per heavy atom. The van der Waals surface area contributed by atoms with Gasteiger partial charge in [-0.3, -0.25) is 4.79 Å². The fourth-order valence-corrected chi connectivity index (χ4v) is 4.32. The maximum Gasteiger partial charge on any atom is 0.240 e. The number of nitrogens with zero attached hydrogens (tertiary/aromatic N) is 1. The Morgan fingerprint density at radius 1 is 1.04 bits per heavy atom. The van der Waals surface area contributed by atoms with Crippen LogP contribution in [-0.4, -0.2) is 16.5 Å². The van der Waals surface area contributed by atoms with Crippen LogP contribution in [0.3, 0.4) is 0 Å². The summed E-state index contributed by atoms with van der Waals surface area (Å²) in [7, 11) is 0. The van der Waals surface area contributed by atoms with Gasteiger partial charge in [0.05, 0.1) is 10.6 Å². The fourth-order valence-electron chi connectivity index (χ4n) is 3.57. The zero-order valence-electron chi connectivity index (χ0n) is 16.0. The van der Waals surface area contributed by atoms with Crippen LogP contribution in [0.15, 0.2) is 78.2 Å². The van der Waals surface area contributed by atoms with Crippen LogP contribution >= 0.6 is 11.3 Å². The molecule has 0 spiro atoms. The van der Waals surface area contributed by atoms with E-state index >= 15 is 0 Å². The molecule has 0 radical (unpaired) electrons. The standard InChI is InChI=1S/C24H24N2OS/c1-18(13-14-19-8-3-2-4-9-19)25-24(27)17-26-21-11-6-5-10-20(21)16-22(26)23-12-7-15-28-23/h2-12,15-16,18H,13-14,17H2,1H3,(H,25,27). The molecule has 0 saturated heterocycles. The molecule has 1 unspecified atom stereocenters. The second-order valence-corrected chi connectivity index (χ2v) is 8.09. The van der Waals surface area contributed by atoms with Crippen LogP contribution in [0, 0.1) is 0 Å². The monoisotopic (exact) mass is 388 g/mol. The first-order valence-corrected chi connectivity index (χ1v) is 10.5. The molecule has 0 aliphatic carbocycles. The van der Waals surface area contributed by atoms with E-state index in [1.54, 1.807) is 11.3 Å². The number of amides is 1. The molecule has 0 fully saturated rings. The van der Waals surface area contributed by atoms with Gasteiger partial charge < -0.3 is 9.88 Å². The second kappa shape index (κ2) is 8.44. The summed E-state index contributed by atoms with van der Waals surface area (Å²) in [5, 5.41) is 6.40. The van der Waals surface area contributed by atoms with E-state index in [9.17, 15) is 4.79 Å². The van der Waals surface area contributed by atoms with Crippen molar-refractivity contribution in [3.05, 3.63) is 83.7 Å². The Balaban J connectivity index is 1.47. The van der Waals surface area contributed by atoms with Crippen molar-refractivity contribution in [2.24, 2.45) is 0 Å². The van der Waals surface area contributed by atoms with E-state index < -0.39 is 0 Å². The lowest BCUT2D eigenvalue weighted by Gasteiger charge is -2.16. The summed E-state index contributed by atoms with van der Waals surface area (Å²) < 4.78 is 2.13. The SMILES string of the molecule is CC(CCc1ccccc1)NC(=O)Cn1c(-c2cccs2)cc2ccccc21. The minimum atomic E-state index is 0.0553. The largest absolute Gasteiger partial charge is 0.352 e. The van der Waals surface area contributed by atoms with Crippen molar-refractivity contribution >= 4 is 28.1 Å². The van der Waals surface area contributed by atoms with Crippen LogP contribution in [0.4, 0.5) is 0 Å². The van der Waals surface area contributed by atoms with Crippen LogP contribution in [0.1, 0.15) is 18.9 Å². The highest BCUT2D eigenvalue weighted by atomic mass is 32.1. The van der Waals surface area contributed by atoms with Crippen LogP contribution in [-0.2, 0) is 17.8 Å². The van der Waals surface area contributed by atoms with Gasteiger partial charge in [0.25, 0.3) is 0 Å². The Kier molecular flexibility index (Phi) is 5.58. The quantitative estimate of drug-likeness (QED) is 0.445. The fraction of sp³-hybridized carbons (Fsp3) is 0.208. The van der Waals surface area contributed by atoms with Gasteiger partial charge in [-0.15, -0.1) is 11.3 Å². The van der Waals surface area contributed by atoms with E-state index in [0.717, 1.165) is 29.4 Å². The molecular formula is C24H24N2OS. The van der Waals surface area contributed by atoms with Gasteiger partial charge in [0.15, 0.2) is 0 Å². The van der Waals surface area contributed by atoms with Gasteiger partial charge in [0.2, 0.25) is 5.91 Å². The summed E-state index contributed by atoms with van der Waals surface area (Å²) in [5.74, 6) is 0.0553. The van der Waals surface area contributed by atoms with Gasteiger partial charge in [-0.1, -0.05) is 54.6 Å². The number of hydrogen-bond donors (Lipinski definition) is 1. The molecule has 1 N–H and O–H groups in total. The lowest BCUT2D eigenvalue weighted by molar-refractivity contribution is -0.122. The lowest BCUT2D eigenvalue weighted by Crippen LogP contribution is -2.35. The van der Waals surface area contributed by atoms with E-state index in [2.05, 4.69) is 70.7 Å². The lowest BCUT2D eigenvalue weighted by atomic mass is 10.1. The van der Waals surface area contributed by atoms with Gasteiger partial charge in [-0.2, -0.15) is 0 Å². The van der Waals surface area contributed by atoms with E-state index in [4.69, 9.17) is 0 Å². The van der Waals surface area contributed by atoms with Crippen molar-refractivity contribution < 1.29 is 4.79 Å². The van der Waals surface area contributed by atoms with E-state index in [0.29, 0.717) is 6.54 Å². The predicted molar refractivity (Wildman–Crippen MR) is 118 cm³/mol. The molecule has 2 aromatic carbocycles. The summed E-state index contributed by atoms with van der Waals surface area (Å²) >= 11 is 1.70. The minimum Gasteiger partial charge on any atom is -0.352 e. The Morgan fingerprint density at radius 2 is 1.82 bits per heavy atom. The third-order valence-corrected chi connectivity index (χ3v) is 5.89. The van der Waals surface area contributed by atoms with E-state index in [1.807, 2.05) is 24.3 Å². The number of aromatic nitrogens is 1. The molecule has 1 amide bonds. The maximum absolute atomic E-state index is 12.8. The van der Waals surface area contributed by atoms with Crippen molar-refractivity contribution in [1.29, 1.82) is 0 Å². The molecule has 4 rings (SSSR count). The number of benzene rings is 2. The number of hydrogen-bond acceptors (Lipinski definition) is 2. The van der Waals surface area contributed by atoms with Gasteiger partial charge in [0, 0.05) is 16.9 Å². The summed E-state index contributed by atoms with van der Waals surface area (Å²) in [4.78, 5) is 14.0. The highest BCUT2D eigenvalue weighted by molar-refractivity contribution is 7.13. The number of fused-ring (bicyclic) bond motifs is 1. The number of rotatable bonds is 7. The highest BCUT2D eigenvalue weighted by Gasteiger charge is 2.15. The highest BCUT2D eigenvalue weighted by Crippen LogP contribution is 2.31. The molecule has 3 nitrogen and oxygen atoms in total. The minimum absolute atomic E-state index is 0.0553. The first-order chi connectivity index (χ1) is 13.7. The molecule has 4 heteroatoms. The smallest absolute Gasteiger partial charge is 0.240 e. The number of carbonyl (C=O) groups is 1. The third kappa shape index (κ3) is 4.18. The molecule has 2 heterocycles. The van der Waals surface area contributed by atoms with Gasteiger partial charge in [-0.05, 0) is 48.9 Å². The summed E-state index contributed by atoms with van der Waals surface area (Å²) in [6, 6.07) is 25.1. The number of nitrogens with one attached hydrogen (secondary N) is 1. The van der Waals surface area contributed by atoms with Gasteiger partial charge >= 0.3 is 0 Å². The van der Waals surface area contributed by atoms with E-state index in [1.165, 1.54) is 10.4 Å². The predicted octanol–water partition coefficient (Wildman–Crippen LogP) is 5.51. The Hall–Kier alpha value is -2.85. The first kappa shape index (κ1) is 18.5. The van der Waals surface area contributed by atoms with Crippen molar-refractivity contribution in [1.82, 2.24) is 9.88 Å². The Labute approximate surface area is 169 Å².